The molecule has 1 saturated carbocycles. The Labute approximate surface area is 135 Å². The molecule has 3 atom stereocenters. The van der Waals surface area contributed by atoms with Gasteiger partial charge in [-0.2, -0.15) is 5.26 Å². The molecule has 5 nitrogen and oxygen atoms in total. The van der Waals surface area contributed by atoms with E-state index in [1.165, 1.54) is 7.05 Å². The van der Waals surface area contributed by atoms with Crippen LogP contribution in [0.4, 0.5) is 4.79 Å². The Kier molecular flexibility index (Phi) is 6.05. The third kappa shape index (κ3) is 4.47. The van der Waals surface area contributed by atoms with Crippen LogP contribution in [-0.2, 0) is 4.43 Å². The van der Waals surface area contributed by atoms with Gasteiger partial charge in [0.1, 0.15) is 6.04 Å². The molecule has 1 rings (SSSR count). The van der Waals surface area contributed by atoms with Gasteiger partial charge in [-0.3, -0.25) is 4.90 Å². The molecule has 0 heterocycles. The highest BCUT2D eigenvalue weighted by atomic mass is 28.4. The van der Waals surface area contributed by atoms with Crippen LogP contribution >= 0.6 is 0 Å². The lowest BCUT2D eigenvalue weighted by atomic mass is 9.97. The number of nitriles is 1. The highest BCUT2D eigenvalue weighted by Gasteiger charge is 2.39. The summed E-state index contributed by atoms with van der Waals surface area (Å²) in [5.41, 5.74) is 0. The molecule has 1 N–H and O–H groups in total. The van der Waals surface area contributed by atoms with Crippen LogP contribution in [0.5, 0.6) is 0 Å². The number of hydrogen-bond acceptors (Lipinski definition) is 3. The van der Waals surface area contributed by atoms with Gasteiger partial charge in [0, 0.05) is 13.7 Å². The molecule has 1 amide bonds. The van der Waals surface area contributed by atoms with Gasteiger partial charge in [-0.05, 0) is 49.2 Å². The largest absolute Gasteiger partial charge is 0.465 e. The van der Waals surface area contributed by atoms with Gasteiger partial charge < -0.3 is 9.53 Å². The van der Waals surface area contributed by atoms with Crippen molar-refractivity contribution in [2.75, 3.05) is 13.7 Å². The fraction of sp³-hybridized carbons (Fsp3) is 0.875. The van der Waals surface area contributed by atoms with E-state index in [2.05, 4.69) is 39.9 Å². The topological polar surface area (TPSA) is 73.6 Å². The van der Waals surface area contributed by atoms with Gasteiger partial charge in [-0.15, -0.1) is 0 Å². The second-order valence-corrected chi connectivity index (χ2v) is 12.8. The average Bonchev–Trinajstić information content (AvgIpc) is 2.84. The molecule has 126 valence electrons. The number of amides is 1. The lowest BCUT2D eigenvalue weighted by Gasteiger charge is -2.37. The second-order valence-electron chi connectivity index (χ2n) is 7.98. The SMILES string of the molecule is CN(C(=O)O)C(C#N)C1CCC(CO[Si](C)(C)C(C)(C)C)C1. The van der Waals surface area contributed by atoms with Crippen LogP contribution in [-0.4, -0.2) is 44.1 Å². The maximum Gasteiger partial charge on any atom is 0.408 e. The van der Waals surface area contributed by atoms with Gasteiger partial charge in [0.15, 0.2) is 8.32 Å². The summed E-state index contributed by atoms with van der Waals surface area (Å²) in [6, 6.07) is 1.61. The molecule has 6 heteroatoms. The Morgan fingerprint density at radius 1 is 1.45 bits per heavy atom. The minimum Gasteiger partial charge on any atom is -0.465 e. The van der Waals surface area contributed by atoms with E-state index >= 15 is 0 Å². The van der Waals surface area contributed by atoms with Gasteiger partial charge in [-0.25, -0.2) is 4.79 Å². The van der Waals surface area contributed by atoms with E-state index in [1.54, 1.807) is 0 Å². The van der Waals surface area contributed by atoms with Crippen molar-refractivity contribution >= 4 is 14.4 Å². The molecule has 0 aromatic carbocycles. The van der Waals surface area contributed by atoms with Gasteiger partial charge in [-0.1, -0.05) is 20.8 Å². The lowest BCUT2D eigenvalue weighted by molar-refractivity contribution is 0.134. The predicted octanol–water partition coefficient (Wildman–Crippen LogP) is 3.93. The molecule has 1 fully saturated rings. The fourth-order valence-electron chi connectivity index (χ4n) is 2.72. The fourth-order valence-corrected chi connectivity index (χ4v) is 3.81. The van der Waals surface area contributed by atoms with Gasteiger partial charge in [0.05, 0.1) is 6.07 Å². The van der Waals surface area contributed by atoms with Crippen LogP contribution in [0.1, 0.15) is 40.0 Å². The van der Waals surface area contributed by atoms with Crippen LogP contribution in [0.2, 0.25) is 18.1 Å². The molecule has 0 spiro atoms. The van der Waals surface area contributed by atoms with Crippen molar-refractivity contribution in [2.45, 2.75) is 64.2 Å². The average molecular weight is 327 g/mol. The summed E-state index contributed by atoms with van der Waals surface area (Å²) < 4.78 is 6.27. The van der Waals surface area contributed by atoms with Crippen molar-refractivity contribution in [1.82, 2.24) is 4.90 Å². The third-order valence-electron chi connectivity index (χ3n) is 5.37. The van der Waals surface area contributed by atoms with Crippen molar-refractivity contribution in [3.63, 3.8) is 0 Å². The first-order valence-corrected chi connectivity index (χ1v) is 10.9. The van der Waals surface area contributed by atoms with E-state index in [0.717, 1.165) is 30.8 Å². The number of carboxylic acid groups (broad SMARTS) is 1. The number of nitrogens with zero attached hydrogens (tertiary/aromatic N) is 2. The Morgan fingerprint density at radius 2 is 2.05 bits per heavy atom. The zero-order valence-corrected chi connectivity index (χ0v) is 15.7. The molecular weight excluding hydrogens is 296 g/mol. The van der Waals surface area contributed by atoms with Crippen molar-refractivity contribution < 1.29 is 14.3 Å². The van der Waals surface area contributed by atoms with Crippen molar-refractivity contribution in [3.8, 4) is 6.07 Å². The molecule has 0 aliphatic heterocycles. The smallest absolute Gasteiger partial charge is 0.408 e. The summed E-state index contributed by atoms with van der Waals surface area (Å²) in [5, 5.41) is 18.5. The molecule has 0 aromatic rings. The van der Waals surface area contributed by atoms with E-state index in [-0.39, 0.29) is 11.0 Å². The predicted molar refractivity (Wildman–Crippen MR) is 89.2 cm³/mol. The lowest BCUT2D eigenvalue weighted by Crippen LogP contribution is -2.42. The van der Waals surface area contributed by atoms with E-state index in [1.807, 2.05) is 0 Å². The molecule has 3 unspecified atom stereocenters. The Bertz CT molecular complexity index is 440. The first-order valence-electron chi connectivity index (χ1n) is 7.99. The Morgan fingerprint density at radius 3 is 2.50 bits per heavy atom. The minimum atomic E-state index is -1.74. The standard InChI is InChI=1S/C16H30N2O3Si/c1-16(2,3)22(5,6)21-11-12-7-8-13(9-12)14(10-17)18(4)15(19)20/h12-14H,7-9,11H2,1-6H3,(H,19,20). The van der Waals surface area contributed by atoms with E-state index in [0.29, 0.717) is 5.92 Å². The molecule has 1 aliphatic rings. The van der Waals surface area contributed by atoms with Crippen LogP contribution in [0.15, 0.2) is 0 Å². The zero-order valence-electron chi connectivity index (χ0n) is 14.7. The normalized spacial score (nSPS) is 23.9. The number of hydrogen-bond donors (Lipinski definition) is 1. The molecular formula is C16H30N2O3Si. The molecule has 0 aromatic heterocycles. The summed E-state index contributed by atoms with van der Waals surface area (Å²) in [5.74, 6) is 0.566. The zero-order chi connectivity index (χ0) is 17.1. The first kappa shape index (κ1) is 19.0. The highest BCUT2D eigenvalue weighted by Crippen LogP contribution is 2.39. The van der Waals surface area contributed by atoms with E-state index in [4.69, 9.17) is 9.53 Å². The Balaban J connectivity index is 2.57. The van der Waals surface area contributed by atoms with Crippen molar-refractivity contribution in [2.24, 2.45) is 11.8 Å². The van der Waals surface area contributed by atoms with Crippen molar-refractivity contribution in [1.29, 1.82) is 5.26 Å². The highest BCUT2D eigenvalue weighted by molar-refractivity contribution is 6.74. The number of rotatable bonds is 5. The van der Waals surface area contributed by atoms with Crippen LogP contribution in [0.3, 0.4) is 0 Å². The summed E-state index contributed by atoms with van der Waals surface area (Å²) in [6.45, 7) is 11.9. The van der Waals surface area contributed by atoms with E-state index < -0.39 is 20.5 Å². The quantitative estimate of drug-likeness (QED) is 0.777. The summed E-state index contributed by atoms with van der Waals surface area (Å²) in [7, 11) is -0.257. The van der Waals surface area contributed by atoms with Crippen LogP contribution < -0.4 is 0 Å². The third-order valence-corrected chi connectivity index (χ3v) is 9.87. The van der Waals surface area contributed by atoms with Gasteiger partial charge in [0.2, 0.25) is 0 Å². The maximum absolute atomic E-state index is 11.1. The minimum absolute atomic E-state index is 0.124. The molecule has 0 radical (unpaired) electrons. The first-order chi connectivity index (χ1) is 9.99. The summed E-state index contributed by atoms with van der Waals surface area (Å²) >= 11 is 0. The van der Waals surface area contributed by atoms with Crippen LogP contribution in [0.25, 0.3) is 0 Å². The Hall–Kier alpha value is -1.06. The molecule has 1 aliphatic carbocycles. The molecule has 0 saturated heterocycles. The second kappa shape index (κ2) is 7.01. The molecule has 0 bridgehead atoms. The van der Waals surface area contributed by atoms with Gasteiger partial charge in [0.25, 0.3) is 0 Å². The van der Waals surface area contributed by atoms with Crippen LogP contribution in [0, 0.1) is 23.2 Å². The monoisotopic (exact) mass is 326 g/mol. The van der Waals surface area contributed by atoms with Crippen molar-refractivity contribution in [3.05, 3.63) is 0 Å². The maximum atomic E-state index is 11.1. The number of carbonyl (C=O) groups is 1. The summed E-state index contributed by atoms with van der Waals surface area (Å²) in [6.07, 6.45) is 1.77. The summed E-state index contributed by atoms with van der Waals surface area (Å²) in [4.78, 5) is 12.2. The van der Waals surface area contributed by atoms with E-state index in [9.17, 15) is 10.1 Å². The van der Waals surface area contributed by atoms with Gasteiger partial charge >= 0.3 is 6.09 Å². The molecule has 22 heavy (non-hydrogen) atoms.